The third-order valence-electron chi connectivity index (χ3n) is 4.60. The van der Waals surface area contributed by atoms with Gasteiger partial charge in [-0.25, -0.2) is 0 Å². The Morgan fingerprint density at radius 1 is 1.19 bits per heavy atom. The minimum Gasteiger partial charge on any atom is -0.467 e. The van der Waals surface area contributed by atoms with Crippen LogP contribution >= 0.6 is 35.4 Å². The van der Waals surface area contributed by atoms with Crippen LogP contribution in [0.3, 0.4) is 0 Å². The fourth-order valence-electron chi connectivity index (χ4n) is 3.47. The van der Waals surface area contributed by atoms with Gasteiger partial charge in [-0.1, -0.05) is 23.2 Å². The van der Waals surface area contributed by atoms with Crippen molar-refractivity contribution in [3.05, 3.63) is 58.1 Å². The third-order valence-corrected chi connectivity index (χ3v) is 5.31. The maximum atomic E-state index is 13.1. The molecular weight excluding hydrogens is 393 g/mol. The molecule has 2 aromatic rings. The number of ether oxygens (including phenoxy) is 1. The lowest BCUT2D eigenvalue weighted by Crippen LogP contribution is -2.70. The molecule has 5 nitrogen and oxygen atoms in total. The first-order valence-corrected chi connectivity index (χ1v) is 9.16. The summed E-state index contributed by atoms with van der Waals surface area (Å²) in [5.41, 5.74) is 0.472. The van der Waals surface area contributed by atoms with Crippen molar-refractivity contribution in [1.82, 2.24) is 10.6 Å². The van der Waals surface area contributed by atoms with Crippen molar-refractivity contribution in [2.24, 2.45) is 5.92 Å². The third kappa shape index (κ3) is 2.98. The van der Waals surface area contributed by atoms with Crippen molar-refractivity contribution in [2.45, 2.75) is 18.7 Å². The van der Waals surface area contributed by atoms with E-state index >= 15 is 0 Å². The maximum absolute atomic E-state index is 13.1. The van der Waals surface area contributed by atoms with Gasteiger partial charge in [0.1, 0.15) is 11.7 Å². The number of rotatable bonds is 2. The number of carbonyl (C=O) groups is 1. The Hall–Kier alpha value is -2.02. The molecule has 3 atom stereocenters. The molecule has 2 heterocycles. The molecule has 2 aromatic carbocycles. The number of amides is 1. The number of anilines is 1. The molecule has 3 unspecified atom stereocenters. The molecule has 2 aliphatic rings. The Balaban J connectivity index is 1.71. The van der Waals surface area contributed by atoms with Crippen molar-refractivity contribution in [3.8, 4) is 5.75 Å². The van der Waals surface area contributed by atoms with Crippen LogP contribution in [0.1, 0.15) is 18.5 Å². The highest BCUT2D eigenvalue weighted by atomic mass is 35.5. The van der Waals surface area contributed by atoms with E-state index in [2.05, 4.69) is 16.0 Å². The van der Waals surface area contributed by atoms with Crippen LogP contribution in [0.25, 0.3) is 0 Å². The van der Waals surface area contributed by atoms with Crippen LogP contribution < -0.4 is 20.7 Å². The Morgan fingerprint density at radius 3 is 2.62 bits per heavy atom. The van der Waals surface area contributed by atoms with E-state index in [1.54, 1.807) is 42.5 Å². The summed E-state index contributed by atoms with van der Waals surface area (Å²) in [6.45, 7) is 1.82. The van der Waals surface area contributed by atoms with Crippen LogP contribution in [0.4, 0.5) is 5.69 Å². The average molecular weight is 408 g/mol. The largest absolute Gasteiger partial charge is 0.467 e. The summed E-state index contributed by atoms with van der Waals surface area (Å²) in [6.07, 6.45) is 0. The van der Waals surface area contributed by atoms with Gasteiger partial charge in [0.05, 0.1) is 6.04 Å². The van der Waals surface area contributed by atoms with Crippen molar-refractivity contribution < 1.29 is 9.53 Å². The molecule has 2 bridgehead atoms. The van der Waals surface area contributed by atoms with E-state index in [0.29, 0.717) is 26.6 Å². The van der Waals surface area contributed by atoms with Gasteiger partial charge in [-0.3, -0.25) is 4.79 Å². The van der Waals surface area contributed by atoms with E-state index < -0.39 is 11.6 Å². The van der Waals surface area contributed by atoms with Crippen LogP contribution in [0.5, 0.6) is 5.75 Å². The number of nitrogens with one attached hydrogen (secondary N) is 3. The lowest BCUT2D eigenvalue weighted by atomic mass is 9.80. The number of carbonyl (C=O) groups excluding carboxylic acids is 1. The summed E-state index contributed by atoms with van der Waals surface area (Å²) in [4.78, 5) is 13.1. The van der Waals surface area contributed by atoms with Crippen molar-refractivity contribution in [2.75, 3.05) is 5.32 Å². The fourth-order valence-corrected chi connectivity index (χ4v) is 4.10. The van der Waals surface area contributed by atoms with Crippen LogP contribution in [-0.4, -0.2) is 16.7 Å². The van der Waals surface area contributed by atoms with Crippen LogP contribution in [-0.2, 0) is 4.79 Å². The first kappa shape index (κ1) is 17.4. The van der Waals surface area contributed by atoms with E-state index in [1.165, 1.54) is 0 Å². The normalized spacial score (nSPS) is 26.0. The van der Waals surface area contributed by atoms with Crippen molar-refractivity contribution in [1.29, 1.82) is 0 Å². The molecule has 0 saturated carbocycles. The lowest BCUT2D eigenvalue weighted by Gasteiger charge is -2.50. The van der Waals surface area contributed by atoms with Gasteiger partial charge in [-0.15, -0.1) is 0 Å². The monoisotopic (exact) mass is 407 g/mol. The molecule has 0 aromatic heterocycles. The van der Waals surface area contributed by atoms with E-state index in [0.717, 1.165) is 5.56 Å². The fraction of sp³-hybridized carbons (Fsp3) is 0.222. The van der Waals surface area contributed by atoms with Crippen LogP contribution in [0, 0.1) is 5.92 Å². The number of benzene rings is 2. The smallest absolute Gasteiger partial charge is 0.236 e. The van der Waals surface area contributed by atoms with Gasteiger partial charge in [0.15, 0.2) is 10.8 Å². The summed E-state index contributed by atoms with van der Waals surface area (Å²) in [5, 5.41) is 10.8. The SMILES string of the molecule is CC12NC(=S)NC(c3cc(Cl)ccc3O1)C2C(=O)Nc1ccc(Cl)cc1. The highest BCUT2D eigenvalue weighted by Gasteiger charge is 2.54. The Bertz CT molecular complexity index is 906. The van der Waals surface area contributed by atoms with Gasteiger partial charge < -0.3 is 20.7 Å². The van der Waals surface area contributed by atoms with Gasteiger partial charge in [0.2, 0.25) is 5.91 Å². The summed E-state index contributed by atoms with van der Waals surface area (Å²) in [5.74, 6) is -0.108. The second-order valence-electron chi connectivity index (χ2n) is 6.44. The second kappa shape index (κ2) is 6.30. The molecular formula is C18H15Cl2N3O2S. The predicted octanol–water partition coefficient (Wildman–Crippen LogP) is 3.88. The molecule has 134 valence electrons. The molecule has 1 amide bonds. The maximum Gasteiger partial charge on any atom is 0.236 e. The van der Waals surface area contributed by atoms with Crippen LogP contribution in [0.2, 0.25) is 10.0 Å². The summed E-state index contributed by atoms with van der Waals surface area (Å²) in [7, 11) is 0. The van der Waals surface area contributed by atoms with E-state index in [-0.39, 0.29) is 11.9 Å². The van der Waals surface area contributed by atoms with E-state index in [9.17, 15) is 4.79 Å². The molecule has 0 spiro atoms. The highest BCUT2D eigenvalue weighted by Crippen LogP contribution is 2.45. The Kier molecular flexibility index (Phi) is 4.22. The molecule has 0 radical (unpaired) electrons. The molecule has 1 saturated heterocycles. The summed E-state index contributed by atoms with van der Waals surface area (Å²) in [6, 6.07) is 11.9. The lowest BCUT2D eigenvalue weighted by molar-refractivity contribution is -0.132. The zero-order valence-corrected chi connectivity index (χ0v) is 16.0. The standard InChI is InChI=1S/C18H15Cl2N3O2S/c1-18-14(16(24)21-11-5-2-9(19)3-6-11)15(22-17(26)23-18)12-8-10(20)4-7-13(12)25-18/h2-8,14-15H,1H3,(H,21,24)(H2,22,23,26). The molecule has 3 N–H and O–H groups in total. The minimum atomic E-state index is -0.982. The van der Waals surface area contributed by atoms with Gasteiger partial charge in [0.25, 0.3) is 0 Å². The quantitative estimate of drug-likeness (QED) is 0.659. The van der Waals surface area contributed by atoms with E-state index in [1.807, 2.05) is 6.92 Å². The van der Waals surface area contributed by atoms with Crippen molar-refractivity contribution in [3.63, 3.8) is 0 Å². The predicted molar refractivity (Wildman–Crippen MR) is 106 cm³/mol. The number of fused-ring (bicyclic) bond motifs is 4. The van der Waals surface area contributed by atoms with Gasteiger partial charge in [0, 0.05) is 21.3 Å². The van der Waals surface area contributed by atoms with Gasteiger partial charge in [-0.05, 0) is 61.6 Å². The van der Waals surface area contributed by atoms with Gasteiger partial charge >= 0.3 is 0 Å². The number of thiocarbonyl (C=S) groups is 1. The zero-order valence-electron chi connectivity index (χ0n) is 13.7. The number of hydrogen-bond acceptors (Lipinski definition) is 3. The highest BCUT2D eigenvalue weighted by molar-refractivity contribution is 7.80. The Labute approximate surface area is 166 Å². The molecule has 1 fully saturated rings. The molecule has 0 aliphatic carbocycles. The number of halogens is 2. The summed E-state index contributed by atoms with van der Waals surface area (Å²) >= 11 is 17.4. The minimum absolute atomic E-state index is 0.201. The zero-order chi connectivity index (χ0) is 18.5. The second-order valence-corrected chi connectivity index (χ2v) is 7.72. The number of hydrogen-bond donors (Lipinski definition) is 3. The first-order valence-electron chi connectivity index (χ1n) is 7.99. The first-order chi connectivity index (χ1) is 12.4. The molecule has 26 heavy (non-hydrogen) atoms. The molecule has 4 rings (SSSR count). The average Bonchev–Trinajstić information content (AvgIpc) is 2.56. The van der Waals surface area contributed by atoms with E-state index in [4.69, 9.17) is 40.2 Å². The molecule has 8 heteroatoms. The van der Waals surface area contributed by atoms with Gasteiger partial charge in [-0.2, -0.15) is 0 Å². The van der Waals surface area contributed by atoms with Crippen LogP contribution in [0.15, 0.2) is 42.5 Å². The van der Waals surface area contributed by atoms with Crippen molar-refractivity contribution >= 4 is 52.1 Å². The topological polar surface area (TPSA) is 62.4 Å². The summed E-state index contributed by atoms with van der Waals surface area (Å²) < 4.78 is 6.13. The Morgan fingerprint density at radius 2 is 1.88 bits per heavy atom. The molecule has 2 aliphatic heterocycles.